The maximum absolute atomic E-state index is 13.2. The van der Waals surface area contributed by atoms with Crippen LogP contribution in [0.5, 0.6) is 5.75 Å². The van der Waals surface area contributed by atoms with Crippen molar-refractivity contribution in [2.45, 2.75) is 26.6 Å². The highest BCUT2D eigenvalue weighted by molar-refractivity contribution is 7.17. The molecule has 0 radical (unpaired) electrons. The van der Waals surface area contributed by atoms with E-state index in [0.29, 0.717) is 28.3 Å². The molecule has 0 aliphatic carbocycles. The Kier molecular flexibility index (Phi) is 6.03. The zero-order chi connectivity index (χ0) is 21.8. The van der Waals surface area contributed by atoms with Gasteiger partial charge in [-0.1, -0.05) is 12.1 Å². The molecule has 4 aromatic rings. The second-order valence-corrected chi connectivity index (χ2v) is 7.75. The summed E-state index contributed by atoms with van der Waals surface area (Å²) >= 11 is 1.25. The average Bonchev–Trinajstić information content (AvgIpc) is 3.45. The number of carbonyl (C=O) groups is 1. The van der Waals surface area contributed by atoms with Gasteiger partial charge in [0.15, 0.2) is 0 Å². The van der Waals surface area contributed by atoms with E-state index in [1.54, 1.807) is 29.6 Å². The van der Waals surface area contributed by atoms with Crippen molar-refractivity contribution in [2.75, 3.05) is 6.61 Å². The zero-order valence-corrected chi connectivity index (χ0v) is 17.7. The first kappa shape index (κ1) is 20.7. The molecule has 0 saturated heterocycles. The van der Waals surface area contributed by atoms with Crippen LogP contribution in [-0.4, -0.2) is 21.6 Å². The molecular weight excluding hydrogens is 418 g/mol. The van der Waals surface area contributed by atoms with Gasteiger partial charge in [-0.25, -0.2) is 4.79 Å². The molecule has 31 heavy (non-hydrogen) atoms. The summed E-state index contributed by atoms with van der Waals surface area (Å²) < 4.78 is 13.6. The van der Waals surface area contributed by atoms with Crippen LogP contribution in [0.3, 0.4) is 0 Å². The molecule has 160 valence electrons. The van der Waals surface area contributed by atoms with Gasteiger partial charge >= 0.3 is 5.69 Å². The summed E-state index contributed by atoms with van der Waals surface area (Å²) in [6.45, 7) is 2.51. The lowest BCUT2D eigenvalue weighted by molar-refractivity contribution is -0.121. The number of rotatable bonds is 8. The minimum absolute atomic E-state index is 0.0838. The van der Waals surface area contributed by atoms with Gasteiger partial charge in [0, 0.05) is 0 Å². The first-order valence-corrected chi connectivity index (χ1v) is 10.7. The molecular formula is C22H21N3O5S. The van der Waals surface area contributed by atoms with Crippen LogP contribution in [0.15, 0.2) is 68.1 Å². The minimum Gasteiger partial charge on any atom is -0.494 e. The molecule has 1 aromatic carbocycles. The molecule has 0 atom stereocenters. The normalized spacial score (nSPS) is 11.0. The maximum Gasteiger partial charge on any atom is 0.332 e. The second-order valence-electron chi connectivity index (χ2n) is 6.83. The molecule has 3 aromatic heterocycles. The minimum atomic E-state index is -0.536. The molecule has 0 saturated carbocycles. The predicted octanol–water partition coefficient (Wildman–Crippen LogP) is 2.58. The fourth-order valence-corrected chi connectivity index (χ4v) is 4.15. The Balaban J connectivity index is 1.65. The number of aromatic nitrogens is 2. The number of fused-ring (bicyclic) bond motifs is 1. The van der Waals surface area contributed by atoms with Crippen LogP contribution in [-0.2, 0) is 24.4 Å². The summed E-state index contributed by atoms with van der Waals surface area (Å²) in [4.78, 5) is 38.6. The Labute approximate surface area is 181 Å². The van der Waals surface area contributed by atoms with E-state index >= 15 is 0 Å². The van der Waals surface area contributed by atoms with Gasteiger partial charge in [0.2, 0.25) is 5.91 Å². The molecule has 0 aliphatic rings. The van der Waals surface area contributed by atoms with E-state index < -0.39 is 5.69 Å². The summed E-state index contributed by atoms with van der Waals surface area (Å²) in [5.74, 6) is 0.929. The third-order valence-corrected chi connectivity index (χ3v) is 5.62. The van der Waals surface area contributed by atoms with E-state index in [1.165, 1.54) is 22.2 Å². The number of nitrogens with one attached hydrogen (secondary N) is 1. The van der Waals surface area contributed by atoms with E-state index in [2.05, 4.69) is 5.32 Å². The Morgan fingerprint density at radius 2 is 2.03 bits per heavy atom. The molecule has 0 spiro atoms. The van der Waals surface area contributed by atoms with E-state index in [1.807, 2.05) is 25.1 Å². The van der Waals surface area contributed by atoms with Crippen LogP contribution in [0.2, 0.25) is 0 Å². The Morgan fingerprint density at radius 3 is 2.81 bits per heavy atom. The van der Waals surface area contributed by atoms with Gasteiger partial charge in [-0.15, -0.1) is 11.3 Å². The Hall–Kier alpha value is -3.59. The predicted molar refractivity (Wildman–Crippen MR) is 118 cm³/mol. The van der Waals surface area contributed by atoms with Gasteiger partial charge < -0.3 is 14.5 Å². The van der Waals surface area contributed by atoms with Crippen molar-refractivity contribution in [3.05, 3.63) is 86.3 Å². The van der Waals surface area contributed by atoms with Crippen molar-refractivity contribution in [1.29, 1.82) is 0 Å². The standard InChI is InChI=1S/C22H21N3O5S/c1-2-29-16-6-3-5-15(11-16)13-25-21(27)20-18(8-10-31-20)24(22(25)28)14-19(26)23-12-17-7-4-9-30-17/h3-11H,2,12-14H2,1H3,(H,23,26). The van der Waals surface area contributed by atoms with E-state index in [0.717, 1.165) is 10.1 Å². The van der Waals surface area contributed by atoms with Gasteiger partial charge in [0.1, 0.15) is 22.8 Å². The van der Waals surface area contributed by atoms with Gasteiger partial charge in [0.25, 0.3) is 5.56 Å². The Morgan fingerprint density at radius 1 is 1.16 bits per heavy atom. The molecule has 8 nitrogen and oxygen atoms in total. The van der Waals surface area contributed by atoms with Crippen LogP contribution < -0.4 is 21.3 Å². The molecule has 0 aliphatic heterocycles. The molecule has 0 unspecified atom stereocenters. The van der Waals surface area contributed by atoms with Gasteiger partial charge in [-0.3, -0.25) is 18.7 Å². The van der Waals surface area contributed by atoms with Crippen LogP contribution in [0, 0.1) is 0 Å². The summed E-state index contributed by atoms with van der Waals surface area (Å²) in [7, 11) is 0. The van der Waals surface area contributed by atoms with E-state index in [4.69, 9.17) is 9.15 Å². The number of carbonyl (C=O) groups excluding carboxylic acids is 1. The summed E-state index contributed by atoms with van der Waals surface area (Å²) in [6, 6.07) is 12.4. The Bertz CT molecular complexity index is 1320. The number of amides is 1. The largest absolute Gasteiger partial charge is 0.494 e. The number of hydrogen-bond donors (Lipinski definition) is 1. The van der Waals surface area contributed by atoms with Crippen LogP contribution in [0.25, 0.3) is 10.2 Å². The van der Waals surface area contributed by atoms with Crippen LogP contribution >= 0.6 is 11.3 Å². The molecule has 1 amide bonds. The lowest BCUT2D eigenvalue weighted by atomic mass is 10.2. The highest BCUT2D eigenvalue weighted by Crippen LogP contribution is 2.17. The van der Waals surface area contributed by atoms with Crippen molar-refractivity contribution in [3.8, 4) is 5.75 Å². The van der Waals surface area contributed by atoms with E-state index in [9.17, 15) is 14.4 Å². The van der Waals surface area contributed by atoms with Crippen molar-refractivity contribution in [3.63, 3.8) is 0 Å². The van der Waals surface area contributed by atoms with Crippen molar-refractivity contribution in [1.82, 2.24) is 14.5 Å². The number of nitrogens with zero attached hydrogens (tertiary/aromatic N) is 2. The molecule has 3 heterocycles. The SMILES string of the molecule is CCOc1cccc(Cn2c(=O)c3sccc3n(CC(=O)NCc3ccco3)c2=O)c1. The number of benzene rings is 1. The van der Waals surface area contributed by atoms with Gasteiger partial charge in [-0.05, 0) is 48.2 Å². The van der Waals surface area contributed by atoms with Gasteiger partial charge in [0.05, 0.1) is 31.5 Å². The average molecular weight is 439 g/mol. The smallest absolute Gasteiger partial charge is 0.332 e. The summed E-state index contributed by atoms with van der Waals surface area (Å²) in [5.41, 5.74) is 0.303. The third-order valence-electron chi connectivity index (χ3n) is 4.73. The lowest BCUT2D eigenvalue weighted by Crippen LogP contribution is -2.42. The quantitative estimate of drug-likeness (QED) is 0.455. The highest BCUT2D eigenvalue weighted by atomic mass is 32.1. The summed E-state index contributed by atoms with van der Waals surface area (Å²) in [5, 5.41) is 4.47. The van der Waals surface area contributed by atoms with Crippen molar-refractivity contribution in [2.24, 2.45) is 0 Å². The first-order valence-electron chi connectivity index (χ1n) is 9.78. The van der Waals surface area contributed by atoms with E-state index in [-0.39, 0.29) is 31.1 Å². The molecule has 9 heteroatoms. The molecule has 4 rings (SSSR count). The number of ether oxygens (including phenoxy) is 1. The molecule has 0 bridgehead atoms. The van der Waals surface area contributed by atoms with Crippen molar-refractivity contribution >= 4 is 27.5 Å². The van der Waals surface area contributed by atoms with Gasteiger partial charge in [-0.2, -0.15) is 0 Å². The third kappa shape index (κ3) is 4.46. The topological polar surface area (TPSA) is 95.5 Å². The fourth-order valence-electron chi connectivity index (χ4n) is 3.31. The highest BCUT2D eigenvalue weighted by Gasteiger charge is 2.17. The number of thiophene rings is 1. The molecule has 1 N–H and O–H groups in total. The second kappa shape index (κ2) is 9.05. The number of hydrogen-bond acceptors (Lipinski definition) is 6. The van der Waals surface area contributed by atoms with Crippen LogP contribution in [0.1, 0.15) is 18.2 Å². The first-order chi connectivity index (χ1) is 15.1. The summed E-state index contributed by atoms with van der Waals surface area (Å²) in [6.07, 6.45) is 1.53. The monoisotopic (exact) mass is 439 g/mol. The molecule has 0 fully saturated rings. The fraction of sp³-hybridized carbons (Fsp3) is 0.227. The maximum atomic E-state index is 13.2. The van der Waals surface area contributed by atoms with Crippen LogP contribution in [0.4, 0.5) is 0 Å². The van der Waals surface area contributed by atoms with Crippen molar-refractivity contribution < 1.29 is 13.9 Å². The number of furan rings is 1. The zero-order valence-electron chi connectivity index (χ0n) is 16.9. The lowest BCUT2D eigenvalue weighted by Gasteiger charge is -2.13.